The number of allylic oxidation sites excluding steroid dienone is 1. The molecule has 0 heterocycles. The topological polar surface area (TPSA) is 12.0 Å². The average Bonchev–Trinajstić information content (AvgIpc) is 2.18. The Morgan fingerprint density at radius 2 is 2.00 bits per heavy atom. The lowest BCUT2D eigenvalue weighted by atomic mass is 9.75. The molecule has 1 heteroatoms. The van der Waals surface area contributed by atoms with Crippen molar-refractivity contribution in [2.75, 3.05) is 13.1 Å². The molecule has 0 aliphatic heterocycles. The van der Waals surface area contributed by atoms with Crippen LogP contribution in [0.5, 0.6) is 0 Å². The molecule has 0 bridgehead atoms. The minimum atomic E-state index is 0.184. The van der Waals surface area contributed by atoms with Crippen molar-refractivity contribution in [3.05, 3.63) is 25.3 Å². The number of nitrogens with one attached hydrogen (secondary N) is 1. The molecule has 0 rings (SSSR count). The fourth-order valence-electron chi connectivity index (χ4n) is 1.44. The van der Waals surface area contributed by atoms with E-state index in [0.29, 0.717) is 5.92 Å². The molecule has 13 heavy (non-hydrogen) atoms. The molecule has 0 aromatic heterocycles. The Morgan fingerprint density at radius 3 is 2.31 bits per heavy atom. The van der Waals surface area contributed by atoms with Crippen LogP contribution in [0.3, 0.4) is 0 Å². The van der Waals surface area contributed by atoms with Crippen LogP contribution >= 0.6 is 0 Å². The molecular weight excluding hydrogens is 158 g/mol. The van der Waals surface area contributed by atoms with Crippen LogP contribution in [0.4, 0.5) is 0 Å². The number of hydrogen-bond donors (Lipinski definition) is 1. The van der Waals surface area contributed by atoms with E-state index in [1.165, 1.54) is 0 Å². The Kier molecular flexibility index (Phi) is 5.72. The average molecular weight is 181 g/mol. The van der Waals surface area contributed by atoms with E-state index in [1.807, 2.05) is 6.08 Å². The molecule has 0 aromatic rings. The van der Waals surface area contributed by atoms with Crippen molar-refractivity contribution in [1.82, 2.24) is 5.32 Å². The third-order valence-electron chi connectivity index (χ3n) is 2.97. The summed E-state index contributed by atoms with van der Waals surface area (Å²) >= 11 is 0. The van der Waals surface area contributed by atoms with E-state index in [9.17, 15) is 0 Å². The zero-order valence-electron chi connectivity index (χ0n) is 9.27. The largest absolute Gasteiger partial charge is 0.316 e. The molecule has 2 unspecified atom stereocenters. The van der Waals surface area contributed by atoms with Crippen molar-refractivity contribution in [2.45, 2.75) is 27.2 Å². The van der Waals surface area contributed by atoms with E-state index < -0.39 is 0 Å². The molecule has 0 fully saturated rings. The third kappa shape index (κ3) is 3.35. The van der Waals surface area contributed by atoms with Gasteiger partial charge >= 0.3 is 0 Å². The van der Waals surface area contributed by atoms with E-state index in [2.05, 4.69) is 45.3 Å². The van der Waals surface area contributed by atoms with Crippen LogP contribution in [0, 0.1) is 11.3 Å². The first-order valence-corrected chi connectivity index (χ1v) is 5.11. The second kappa shape index (κ2) is 5.98. The highest BCUT2D eigenvalue weighted by molar-refractivity contribution is 5.02. The molecule has 2 atom stereocenters. The van der Waals surface area contributed by atoms with Gasteiger partial charge in [0.25, 0.3) is 0 Å². The summed E-state index contributed by atoms with van der Waals surface area (Å²) in [6, 6.07) is 0. The Morgan fingerprint density at radius 1 is 1.38 bits per heavy atom. The fraction of sp³-hybridized carbons (Fsp3) is 0.667. The highest BCUT2D eigenvalue weighted by atomic mass is 14.8. The van der Waals surface area contributed by atoms with Crippen molar-refractivity contribution in [1.29, 1.82) is 0 Å². The molecule has 0 spiro atoms. The molecule has 0 radical (unpaired) electrons. The monoisotopic (exact) mass is 181 g/mol. The molecule has 0 aliphatic carbocycles. The van der Waals surface area contributed by atoms with Gasteiger partial charge in [-0.25, -0.2) is 0 Å². The van der Waals surface area contributed by atoms with Gasteiger partial charge in [0.2, 0.25) is 0 Å². The van der Waals surface area contributed by atoms with Crippen molar-refractivity contribution in [2.24, 2.45) is 11.3 Å². The summed E-state index contributed by atoms with van der Waals surface area (Å²) in [5.74, 6) is 0.481. The Bertz CT molecular complexity index is 163. The predicted molar refractivity (Wildman–Crippen MR) is 60.8 cm³/mol. The van der Waals surface area contributed by atoms with Crippen molar-refractivity contribution >= 4 is 0 Å². The quantitative estimate of drug-likeness (QED) is 0.595. The van der Waals surface area contributed by atoms with Gasteiger partial charge in [-0.15, -0.1) is 13.2 Å². The molecule has 0 aromatic carbocycles. The predicted octanol–water partition coefficient (Wildman–Crippen LogP) is 3.00. The molecule has 0 aliphatic rings. The maximum atomic E-state index is 3.90. The number of hydrogen-bond acceptors (Lipinski definition) is 1. The standard InChI is InChI=1S/C12H23N/c1-6-11(10-13-9-4)12(5,7-2)8-3/h6-7,11,13H,1-2,8-10H2,3-5H3. The van der Waals surface area contributed by atoms with Gasteiger partial charge in [-0.1, -0.05) is 32.9 Å². The molecule has 1 nitrogen and oxygen atoms in total. The SMILES string of the molecule is C=CC(CNCC)C(C)(C=C)CC. The highest BCUT2D eigenvalue weighted by Crippen LogP contribution is 2.32. The molecule has 76 valence electrons. The summed E-state index contributed by atoms with van der Waals surface area (Å²) in [5.41, 5.74) is 0.184. The number of rotatable bonds is 7. The minimum absolute atomic E-state index is 0.184. The smallest absolute Gasteiger partial charge is 0.00222 e. The third-order valence-corrected chi connectivity index (χ3v) is 2.97. The zero-order chi connectivity index (χ0) is 10.3. The summed E-state index contributed by atoms with van der Waals surface area (Å²) < 4.78 is 0. The van der Waals surface area contributed by atoms with E-state index in [4.69, 9.17) is 0 Å². The van der Waals surface area contributed by atoms with Crippen molar-refractivity contribution in [3.8, 4) is 0 Å². The van der Waals surface area contributed by atoms with Gasteiger partial charge in [0.15, 0.2) is 0 Å². The van der Waals surface area contributed by atoms with E-state index in [0.717, 1.165) is 19.5 Å². The fourth-order valence-corrected chi connectivity index (χ4v) is 1.44. The van der Waals surface area contributed by atoms with Crippen molar-refractivity contribution in [3.63, 3.8) is 0 Å². The van der Waals surface area contributed by atoms with Gasteiger partial charge in [0.05, 0.1) is 0 Å². The summed E-state index contributed by atoms with van der Waals surface area (Å²) in [5, 5.41) is 3.35. The van der Waals surface area contributed by atoms with Gasteiger partial charge in [-0.3, -0.25) is 0 Å². The van der Waals surface area contributed by atoms with Gasteiger partial charge in [0.1, 0.15) is 0 Å². The molecule has 1 N–H and O–H groups in total. The second-order valence-corrected chi connectivity index (χ2v) is 3.71. The van der Waals surface area contributed by atoms with Crippen LogP contribution in [-0.4, -0.2) is 13.1 Å². The molecular formula is C12H23N. The van der Waals surface area contributed by atoms with E-state index in [1.54, 1.807) is 0 Å². The van der Waals surface area contributed by atoms with Crippen LogP contribution in [0.25, 0.3) is 0 Å². The van der Waals surface area contributed by atoms with Crippen LogP contribution in [0.1, 0.15) is 27.2 Å². The first kappa shape index (κ1) is 12.4. The summed E-state index contributed by atoms with van der Waals surface area (Å²) in [4.78, 5) is 0. The van der Waals surface area contributed by atoms with Gasteiger partial charge in [0, 0.05) is 6.54 Å². The Labute approximate surface area is 82.9 Å². The lowest BCUT2D eigenvalue weighted by Gasteiger charge is -2.32. The maximum Gasteiger partial charge on any atom is 0.00222 e. The highest BCUT2D eigenvalue weighted by Gasteiger charge is 2.26. The summed E-state index contributed by atoms with van der Waals surface area (Å²) in [7, 11) is 0. The van der Waals surface area contributed by atoms with Crippen LogP contribution in [0.2, 0.25) is 0 Å². The maximum absolute atomic E-state index is 3.90. The van der Waals surface area contributed by atoms with Crippen molar-refractivity contribution < 1.29 is 0 Å². The summed E-state index contributed by atoms with van der Waals surface area (Å²) in [6.45, 7) is 16.4. The van der Waals surface area contributed by atoms with Gasteiger partial charge in [-0.05, 0) is 24.3 Å². The minimum Gasteiger partial charge on any atom is -0.316 e. The summed E-state index contributed by atoms with van der Waals surface area (Å²) in [6.07, 6.45) is 5.20. The van der Waals surface area contributed by atoms with Gasteiger partial charge in [-0.2, -0.15) is 0 Å². The lowest BCUT2D eigenvalue weighted by molar-refractivity contribution is 0.289. The lowest BCUT2D eigenvalue weighted by Crippen LogP contribution is -2.32. The van der Waals surface area contributed by atoms with Gasteiger partial charge < -0.3 is 5.32 Å². The van der Waals surface area contributed by atoms with Crippen LogP contribution in [0.15, 0.2) is 25.3 Å². The Hall–Kier alpha value is -0.560. The Balaban J connectivity index is 4.33. The molecule has 0 saturated heterocycles. The second-order valence-electron chi connectivity index (χ2n) is 3.71. The molecule has 0 amide bonds. The first-order chi connectivity index (χ1) is 6.14. The molecule has 0 saturated carbocycles. The van der Waals surface area contributed by atoms with E-state index in [-0.39, 0.29) is 5.41 Å². The first-order valence-electron chi connectivity index (χ1n) is 5.11. The van der Waals surface area contributed by atoms with Crippen LogP contribution in [-0.2, 0) is 0 Å². The van der Waals surface area contributed by atoms with Crippen LogP contribution < -0.4 is 5.32 Å². The van der Waals surface area contributed by atoms with E-state index >= 15 is 0 Å². The zero-order valence-corrected chi connectivity index (χ0v) is 9.27. The normalized spacial score (nSPS) is 17.5.